The first-order valence-electron chi connectivity index (χ1n) is 10.1. The van der Waals surface area contributed by atoms with Crippen molar-refractivity contribution in [3.8, 4) is 11.5 Å². The zero-order valence-electron chi connectivity index (χ0n) is 16.9. The number of hydrogen-bond donors (Lipinski definition) is 1. The number of rotatable bonds is 5. The summed E-state index contributed by atoms with van der Waals surface area (Å²) in [4.78, 5) is 16.3. The van der Waals surface area contributed by atoms with E-state index in [1.54, 1.807) is 6.20 Å². The third-order valence-electron chi connectivity index (χ3n) is 5.53. The van der Waals surface area contributed by atoms with Crippen LogP contribution < -0.4 is 5.32 Å². The molecule has 1 aliphatic rings. The lowest BCUT2D eigenvalue weighted by Crippen LogP contribution is -2.39. The van der Waals surface area contributed by atoms with Gasteiger partial charge in [0.15, 0.2) is 5.82 Å². The van der Waals surface area contributed by atoms with Crippen LogP contribution in [0.25, 0.3) is 11.5 Å². The van der Waals surface area contributed by atoms with Gasteiger partial charge in [-0.05, 0) is 56.5 Å². The Bertz CT molecular complexity index is 951. The topological polar surface area (TPSA) is 53.9 Å². The van der Waals surface area contributed by atoms with Crippen LogP contribution in [0.2, 0.25) is 5.02 Å². The van der Waals surface area contributed by atoms with Gasteiger partial charge in [-0.2, -0.15) is 0 Å². The molecule has 0 atom stereocenters. The summed E-state index contributed by atoms with van der Waals surface area (Å²) in [5.41, 5.74) is 4.20. The number of hydrogen-bond acceptors (Lipinski definition) is 5. The number of halogens is 1. The largest absolute Gasteiger partial charge is 0.367 e. The summed E-state index contributed by atoms with van der Waals surface area (Å²) < 4.78 is 0. The molecule has 1 aromatic carbocycles. The molecule has 0 amide bonds. The van der Waals surface area contributed by atoms with E-state index in [0.717, 1.165) is 60.3 Å². The van der Waals surface area contributed by atoms with E-state index in [4.69, 9.17) is 16.6 Å². The Morgan fingerprint density at radius 1 is 1.03 bits per heavy atom. The molecule has 1 aliphatic heterocycles. The van der Waals surface area contributed by atoms with E-state index in [9.17, 15) is 0 Å². The molecule has 150 valence electrons. The van der Waals surface area contributed by atoms with E-state index < -0.39 is 0 Å². The normalized spacial score (nSPS) is 15.4. The Labute approximate surface area is 177 Å². The lowest BCUT2D eigenvalue weighted by molar-refractivity contribution is 0.211. The fourth-order valence-corrected chi connectivity index (χ4v) is 3.78. The van der Waals surface area contributed by atoms with Crippen LogP contribution in [0.1, 0.15) is 29.7 Å². The van der Waals surface area contributed by atoms with Crippen LogP contribution in [-0.4, -0.2) is 39.0 Å². The summed E-state index contributed by atoms with van der Waals surface area (Å²) in [6.07, 6.45) is 3.96. The molecule has 5 nitrogen and oxygen atoms in total. The van der Waals surface area contributed by atoms with Crippen LogP contribution in [-0.2, 0) is 6.54 Å². The summed E-state index contributed by atoms with van der Waals surface area (Å²) in [5.74, 6) is 1.60. The second-order valence-corrected chi connectivity index (χ2v) is 8.08. The van der Waals surface area contributed by atoms with Gasteiger partial charge in [-0.15, -0.1) is 0 Å². The Hall–Kier alpha value is -2.50. The first-order valence-corrected chi connectivity index (χ1v) is 10.5. The number of nitrogens with zero attached hydrogens (tertiary/aromatic N) is 4. The lowest BCUT2D eigenvalue weighted by Gasteiger charge is -2.33. The Morgan fingerprint density at radius 2 is 1.79 bits per heavy atom. The molecule has 6 heteroatoms. The van der Waals surface area contributed by atoms with Crippen molar-refractivity contribution in [1.82, 2.24) is 19.9 Å². The van der Waals surface area contributed by atoms with Crippen molar-refractivity contribution in [2.45, 2.75) is 39.3 Å². The molecule has 1 saturated heterocycles. The number of benzene rings is 1. The first kappa shape index (κ1) is 19.8. The monoisotopic (exact) mass is 407 g/mol. The van der Waals surface area contributed by atoms with Crippen LogP contribution >= 0.6 is 11.6 Å². The van der Waals surface area contributed by atoms with E-state index in [0.29, 0.717) is 11.9 Å². The highest BCUT2D eigenvalue weighted by Gasteiger charge is 2.21. The summed E-state index contributed by atoms with van der Waals surface area (Å²) in [6.45, 7) is 7.21. The molecule has 1 N–H and O–H groups in total. The van der Waals surface area contributed by atoms with Crippen LogP contribution in [0.5, 0.6) is 0 Å². The van der Waals surface area contributed by atoms with Crippen molar-refractivity contribution in [3.63, 3.8) is 0 Å². The van der Waals surface area contributed by atoms with Crippen molar-refractivity contribution in [1.29, 1.82) is 0 Å². The number of nitrogens with one attached hydrogen (secondary N) is 1. The second-order valence-electron chi connectivity index (χ2n) is 7.64. The van der Waals surface area contributed by atoms with Gasteiger partial charge in [0, 0.05) is 48.2 Å². The minimum absolute atomic E-state index is 0.418. The fraction of sp³-hybridized carbons (Fsp3) is 0.348. The lowest BCUT2D eigenvalue weighted by atomic mass is 10.0. The highest BCUT2D eigenvalue weighted by molar-refractivity contribution is 6.30. The number of piperidine rings is 1. The molecule has 0 bridgehead atoms. The number of aromatic nitrogens is 3. The van der Waals surface area contributed by atoms with Crippen molar-refractivity contribution >= 4 is 17.4 Å². The van der Waals surface area contributed by atoms with E-state index in [-0.39, 0.29) is 0 Å². The van der Waals surface area contributed by atoms with Crippen LogP contribution in [0, 0.1) is 13.8 Å². The quantitative estimate of drug-likeness (QED) is 0.652. The van der Waals surface area contributed by atoms with Crippen LogP contribution in [0.3, 0.4) is 0 Å². The first-order chi connectivity index (χ1) is 14.1. The van der Waals surface area contributed by atoms with Crippen molar-refractivity contribution < 1.29 is 0 Å². The minimum Gasteiger partial charge on any atom is -0.367 e. The highest BCUT2D eigenvalue weighted by atomic mass is 35.5. The molecule has 29 heavy (non-hydrogen) atoms. The maximum absolute atomic E-state index is 5.99. The molecule has 3 aromatic rings. The molecule has 0 unspecified atom stereocenters. The van der Waals surface area contributed by atoms with Crippen molar-refractivity contribution in [3.05, 3.63) is 70.5 Å². The molecule has 0 spiro atoms. The molecule has 1 fully saturated rings. The summed E-state index contributed by atoms with van der Waals surface area (Å²) in [5, 5.41) is 4.46. The van der Waals surface area contributed by atoms with E-state index in [1.807, 2.05) is 37.3 Å². The predicted octanol–water partition coefficient (Wildman–Crippen LogP) is 4.89. The average Bonchev–Trinajstić information content (AvgIpc) is 2.75. The number of aryl methyl sites for hydroxylation is 1. The standard InChI is InChI=1S/C23H26ClN5/c1-16-17(2)26-23(21-5-3-4-12-25-21)28-22(16)27-20-10-13-29(14-11-20)15-18-6-8-19(24)9-7-18/h3-9,12,20H,10-11,13-15H2,1-2H3,(H,26,27,28). The molecule has 0 aliphatic carbocycles. The van der Waals surface area contributed by atoms with Gasteiger partial charge in [0.2, 0.25) is 0 Å². The molecular formula is C23H26ClN5. The number of anilines is 1. The van der Waals surface area contributed by atoms with Crippen molar-refractivity contribution in [2.75, 3.05) is 18.4 Å². The highest BCUT2D eigenvalue weighted by Crippen LogP contribution is 2.23. The fourth-order valence-electron chi connectivity index (χ4n) is 3.66. The summed E-state index contributed by atoms with van der Waals surface area (Å²) in [6, 6.07) is 14.4. The second kappa shape index (κ2) is 8.89. The molecule has 2 aromatic heterocycles. The van der Waals surface area contributed by atoms with Crippen LogP contribution in [0.4, 0.5) is 5.82 Å². The Balaban J connectivity index is 1.40. The van der Waals surface area contributed by atoms with E-state index in [1.165, 1.54) is 5.56 Å². The zero-order valence-corrected chi connectivity index (χ0v) is 17.7. The molecule has 0 saturated carbocycles. The van der Waals surface area contributed by atoms with Gasteiger partial charge in [-0.1, -0.05) is 29.8 Å². The van der Waals surface area contributed by atoms with Gasteiger partial charge in [0.25, 0.3) is 0 Å². The van der Waals surface area contributed by atoms with Gasteiger partial charge in [-0.25, -0.2) is 9.97 Å². The maximum atomic E-state index is 5.99. The zero-order chi connectivity index (χ0) is 20.2. The van der Waals surface area contributed by atoms with Gasteiger partial charge in [0.1, 0.15) is 11.5 Å². The number of likely N-dealkylation sites (tertiary alicyclic amines) is 1. The predicted molar refractivity (Wildman–Crippen MR) is 118 cm³/mol. The van der Waals surface area contributed by atoms with Crippen LogP contribution in [0.15, 0.2) is 48.7 Å². The summed E-state index contributed by atoms with van der Waals surface area (Å²) in [7, 11) is 0. The van der Waals surface area contributed by atoms with Gasteiger partial charge < -0.3 is 5.32 Å². The Morgan fingerprint density at radius 3 is 2.48 bits per heavy atom. The number of pyridine rings is 1. The SMILES string of the molecule is Cc1nc(-c2ccccn2)nc(NC2CCN(Cc3ccc(Cl)cc3)CC2)c1C. The molecular weight excluding hydrogens is 382 g/mol. The van der Waals surface area contributed by atoms with Gasteiger partial charge in [-0.3, -0.25) is 9.88 Å². The molecule has 0 radical (unpaired) electrons. The smallest absolute Gasteiger partial charge is 0.180 e. The maximum Gasteiger partial charge on any atom is 0.180 e. The average molecular weight is 408 g/mol. The van der Waals surface area contributed by atoms with Gasteiger partial charge in [0.05, 0.1) is 0 Å². The Kier molecular flexibility index (Phi) is 6.07. The minimum atomic E-state index is 0.418. The third kappa shape index (κ3) is 4.92. The van der Waals surface area contributed by atoms with Crippen molar-refractivity contribution in [2.24, 2.45) is 0 Å². The molecule has 3 heterocycles. The summed E-state index contributed by atoms with van der Waals surface area (Å²) >= 11 is 5.99. The van der Waals surface area contributed by atoms with E-state index >= 15 is 0 Å². The van der Waals surface area contributed by atoms with Gasteiger partial charge >= 0.3 is 0 Å². The third-order valence-corrected chi connectivity index (χ3v) is 5.78. The molecule has 4 rings (SSSR count). The van der Waals surface area contributed by atoms with E-state index in [2.05, 4.69) is 39.2 Å².